The van der Waals surface area contributed by atoms with Gasteiger partial charge in [0.2, 0.25) is 0 Å². The molecule has 0 radical (unpaired) electrons. The van der Waals surface area contributed by atoms with E-state index in [0.717, 1.165) is 27.8 Å². The molecule has 0 atom stereocenters. The first kappa shape index (κ1) is 14.6. The molecule has 0 amide bonds. The molecule has 0 saturated carbocycles. The van der Waals surface area contributed by atoms with Crippen LogP contribution in [0.15, 0.2) is 79.1 Å². The maximum Gasteiger partial charge on any atom is 0.164 e. The largest absolute Gasteiger partial charge is 0.507 e. The summed E-state index contributed by atoms with van der Waals surface area (Å²) in [6.07, 6.45) is 3.52. The average Bonchev–Trinajstić information content (AvgIpc) is 3.07. The van der Waals surface area contributed by atoms with Crippen LogP contribution in [0.25, 0.3) is 39.1 Å². The monoisotopic (exact) mass is 338 g/mol. The Kier molecular flexibility index (Phi) is 3.18. The van der Waals surface area contributed by atoms with Crippen molar-refractivity contribution in [3.05, 3.63) is 79.1 Å². The minimum Gasteiger partial charge on any atom is -0.507 e. The van der Waals surface area contributed by atoms with Crippen molar-refractivity contribution in [2.45, 2.75) is 0 Å². The average molecular weight is 338 g/mol. The number of aromatic hydroxyl groups is 1. The predicted molar refractivity (Wildman–Crippen MR) is 101 cm³/mol. The van der Waals surface area contributed by atoms with E-state index in [1.165, 1.54) is 0 Å². The minimum atomic E-state index is 0.183. The van der Waals surface area contributed by atoms with Gasteiger partial charge in [-0.25, -0.2) is 9.97 Å². The lowest BCUT2D eigenvalue weighted by molar-refractivity contribution is 0.477. The molecular formula is C21H14N4O. The number of pyridine rings is 2. The lowest BCUT2D eigenvalue weighted by Crippen LogP contribution is -1.99. The number of nitrogens with zero attached hydrogens (tertiary/aromatic N) is 4. The number of hydrogen-bond acceptors (Lipinski definition) is 4. The van der Waals surface area contributed by atoms with Crippen LogP contribution in [0.1, 0.15) is 0 Å². The summed E-state index contributed by atoms with van der Waals surface area (Å²) in [5, 5.41) is 11.4. The van der Waals surface area contributed by atoms with Crippen molar-refractivity contribution in [3.8, 4) is 22.8 Å². The summed E-state index contributed by atoms with van der Waals surface area (Å²) >= 11 is 0. The molecule has 0 fully saturated rings. The second-order valence-electron chi connectivity index (χ2n) is 6.01. The lowest BCUT2D eigenvalue weighted by Gasteiger charge is -2.10. The summed E-state index contributed by atoms with van der Waals surface area (Å²) in [5.74, 6) is 0.829. The van der Waals surface area contributed by atoms with Crippen molar-refractivity contribution in [2.24, 2.45) is 0 Å². The summed E-state index contributed by atoms with van der Waals surface area (Å²) in [4.78, 5) is 13.7. The van der Waals surface area contributed by atoms with Crippen LogP contribution in [-0.4, -0.2) is 24.6 Å². The summed E-state index contributed by atoms with van der Waals surface area (Å²) < 4.78 is 1.96. The maximum absolute atomic E-state index is 10.3. The third-order valence-electron chi connectivity index (χ3n) is 4.41. The molecule has 2 aromatic carbocycles. The van der Waals surface area contributed by atoms with E-state index in [1.807, 2.05) is 59.2 Å². The van der Waals surface area contributed by atoms with Gasteiger partial charge in [0.05, 0.1) is 16.8 Å². The van der Waals surface area contributed by atoms with Gasteiger partial charge in [-0.2, -0.15) is 0 Å². The van der Waals surface area contributed by atoms with Crippen LogP contribution in [0, 0.1) is 0 Å². The normalized spacial score (nSPS) is 11.2. The van der Waals surface area contributed by atoms with Gasteiger partial charge in [0, 0.05) is 17.8 Å². The molecule has 26 heavy (non-hydrogen) atoms. The second kappa shape index (κ2) is 5.67. The van der Waals surface area contributed by atoms with Crippen LogP contribution in [0.3, 0.4) is 0 Å². The molecule has 3 aromatic heterocycles. The van der Waals surface area contributed by atoms with E-state index in [0.29, 0.717) is 11.4 Å². The number of fused-ring (bicyclic) bond motifs is 2. The third kappa shape index (κ3) is 2.22. The lowest BCUT2D eigenvalue weighted by atomic mass is 10.1. The number of hydrogen-bond donors (Lipinski definition) is 1. The summed E-state index contributed by atoms with van der Waals surface area (Å²) in [5.41, 5.74) is 3.96. The number of rotatable bonds is 2. The number of phenols is 1. The maximum atomic E-state index is 10.3. The molecule has 5 aromatic rings. The van der Waals surface area contributed by atoms with Crippen molar-refractivity contribution in [1.29, 1.82) is 0 Å². The van der Waals surface area contributed by atoms with Crippen LogP contribution in [0.4, 0.5) is 0 Å². The van der Waals surface area contributed by atoms with E-state index >= 15 is 0 Å². The fourth-order valence-corrected chi connectivity index (χ4v) is 3.19. The van der Waals surface area contributed by atoms with E-state index < -0.39 is 0 Å². The van der Waals surface area contributed by atoms with Gasteiger partial charge in [0.25, 0.3) is 0 Å². The van der Waals surface area contributed by atoms with Crippen molar-refractivity contribution >= 4 is 22.1 Å². The summed E-state index contributed by atoms with van der Waals surface area (Å²) in [6.45, 7) is 0. The van der Waals surface area contributed by atoms with Crippen molar-refractivity contribution < 1.29 is 5.11 Å². The highest BCUT2D eigenvalue weighted by atomic mass is 16.3. The Balaban J connectivity index is 1.85. The fourth-order valence-electron chi connectivity index (χ4n) is 3.19. The van der Waals surface area contributed by atoms with E-state index in [9.17, 15) is 5.11 Å². The Labute approximate surface area is 149 Å². The van der Waals surface area contributed by atoms with Gasteiger partial charge >= 0.3 is 0 Å². The topological polar surface area (TPSA) is 63.8 Å². The van der Waals surface area contributed by atoms with E-state index in [4.69, 9.17) is 4.98 Å². The molecule has 5 heteroatoms. The molecule has 124 valence electrons. The van der Waals surface area contributed by atoms with Gasteiger partial charge in [-0.15, -0.1) is 0 Å². The standard InChI is InChI=1S/C21H14N4O/c26-19-8-2-1-6-16(19)20-24-17-7-4-12-23-21(17)25(20)15-10-9-14-5-3-11-22-18(14)13-15/h1-13,26H. The zero-order chi connectivity index (χ0) is 17.5. The van der Waals surface area contributed by atoms with E-state index in [1.54, 1.807) is 24.5 Å². The van der Waals surface area contributed by atoms with Gasteiger partial charge in [-0.05, 0) is 42.5 Å². The molecule has 3 heterocycles. The molecule has 5 nitrogen and oxygen atoms in total. The highest BCUT2D eigenvalue weighted by Gasteiger charge is 2.17. The van der Waals surface area contributed by atoms with Gasteiger partial charge in [-0.3, -0.25) is 9.55 Å². The molecule has 0 spiro atoms. The zero-order valence-corrected chi connectivity index (χ0v) is 13.7. The first-order chi connectivity index (χ1) is 12.8. The zero-order valence-electron chi connectivity index (χ0n) is 13.7. The smallest absolute Gasteiger partial charge is 0.164 e. The molecule has 0 unspecified atom stereocenters. The number of para-hydroxylation sites is 1. The molecule has 0 aliphatic carbocycles. The van der Waals surface area contributed by atoms with E-state index in [2.05, 4.69) is 9.97 Å². The number of phenolic OH excluding ortho intramolecular Hbond substituents is 1. The molecule has 0 saturated heterocycles. The van der Waals surface area contributed by atoms with Crippen LogP contribution >= 0.6 is 0 Å². The van der Waals surface area contributed by atoms with Crippen molar-refractivity contribution in [1.82, 2.24) is 19.5 Å². The van der Waals surface area contributed by atoms with Crippen LogP contribution < -0.4 is 0 Å². The van der Waals surface area contributed by atoms with Gasteiger partial charge in [0.1, 0.15) is 11.3 Å². The van der Waals surface area contributed by atoms with Gasteiger partial charge < -0.3 is 5.11 Å². The van der Waals surface area contributed by atoms with Crippen LogP contribution in [-0.2, 0) is 0 Å². The predicted octanol–water partition coefficient (Wildman–Crippen LogP) is 4.34. The highest BCUT2D eigenvalue weighted by molar-refractivity contribution is 5.85. The summed E-state index contributed by atoms with van der Waals surface area (Å²) in [7, 11) is 0. The van der Waals surface area contributed by atoms with Gasteiger partial charge in [0.15, 0.2) is 11.5 Å². The molecule has 0 aliphatic heterocycles. The Morgan fingerprint density at radius 3 is 2.54 bits per heavy atom. The van der Waals surface area contributed by atoms with Crippen LogP contribution in [0.5, 0.6) is 5.75 Å². The van der Waals surface area contributed by atoms with Crippen LogP contribution in [0.2, 0.25) is 0 Å². The number of aromatic nitrogens is 4. The molecule has 0 bridgehead atoms. The molecule has 0 aliphatic rings. The first-order valence-corrected chi connectivity index (χ1v) is 8.28. The Bertz CT molecular complexity index is 1260. The fraction of sp³-hybridized carbons (Fsp3) is 0. The number of imidazole rings is 1. The molecule has 1 N–H and O–H groups in total. The Morgan fingerprint density at radius 2 is 1.62 bits per heavy atom. The quantitative estimate of drug-likeness (QED) is 0.520. The van der Waals surface area contributed by atoms with E-state index in [-0.39, 0.29) is 5.75 Å². The first-order valence-electron chi connectivity index (χ1n) is 8.28. The molecular weight excluding hydrogens is 324 g/mol. The minimum absolute atomic E-state index is 0.183. The van der Waals surface area contributed by atoms with Crippen molar-refractivity contribution in [2.75, 3.05) is 0 Å². The number of benzene rings is 2. The Hall–Kier alpha value is -3.73. The molecule has 5 rings (SSSR count). The summed E-state index contributed by atoms with van der Waals surface area (Å²) in [6, 6.07) is 21.0. The Morgan fingerprint density at radius 1 is 0.769 bits per heavy atom. The van der Waals surface area contributed by atoms with Gasteiger partial charge in [-0.1, -0.05) is 24.3 Å². The second-order valence-corrected chi connectivity index (χ2v) is 6.01. The van der Waals surface area contributed by atoms with Crippen molar-refractivity contribution in [3.63, 3.8) is 0 Å². The third-order valence-corrected chi connectivity index (χ3v) is 4.41. The highest BCUT2D eigenvalue weighted by Crippen LogP contribution is 2.33. The SMILES string of the molecule is Oc1ccccc1-c1nc2cccnc2n1-c1ccc2cccnc2c1.